The molecule has 1 aromatic rings. The first-order chi connectivity index (χ1) is 9.46. The topological polar surface area (TPSA) is 61.1 Å². The summed E-state index contributed by atoms with van der Waals surface area (Å²) in [6.45, 7) is 3.44. The van der Waals surface area contributed by atoms with Gasteiger partial charge >= 0.3 is 0 Å². The zero-order chi connectivity index (χ0) is 14.8. The number of hydrogen-bond acceptors (Lipinski definition) is 4. The summed E-state index contributed by atoms with van der Waals surface area (Å²) in [4.78, 5) is 11.6. The predicted molar refractivity (Wildman–Crippen MR) is 79.0 cm³/mol. The lowest BCUT2D eigenvalue weighted by Gasteiger charge is -2.18. The zero-order valence-electron chi connectivity index (χ0n) is 11.2. The van der Waals surface area contributed by atoms with E-state index in [1.54, 1.807) is 31.2 Å². The standard InChI is InChI=1S/C16H13NO2S/c1-11-14(18)16(2,20-15(11)19)9-3-4-12-5-7-13(10-17)8-6-12/h5-8,18H,9H2,1-2H3. The average Bonchev–Trinajstić information content (AvgIpc) is 2.64. The van der Waals surface area contributed by atoms with Crippen molar-refractivity contribution in [3.8, 4) is 17.9 Å². The minimum atomic E-state index is -0.652. The molecule has 100 valence electrons. The summed E-state index contributed by atoms with van der Waals surface area (Å²) >= 11 is 1.12. The number of nitriles is 1. The molecule has 1 aliphatic rings. The number of nitrogens with zero attached hydrogens (tertiary/aromatic N) is 1. The lowest BCUT2D eigenvalue weighted by atomic mass is 10.0. The van der Waals surface area contributed by atoms with Gasteiger partial charge in [-0.3, -0.25) is 4.79 Å². The fraction of sp³-hybridized carbons (Fsp3) is 0.250. The second-order valence-electron chi connectivity index (χ2n) is 4.76. The van der Waals surface area contributed by atoms with E-state index < -0.39 is 4.75 Å². The van der Waals surface area contributed by atoms with Crippen molar-refractivity contribution >= 4 is 16.9 Å². The summed E-state index contributed by atoms with van der Waals surface area (Å²) < 4.78 is -0.652. The van der Waals surface area contributed by atoms with Crippen LogP contribution < -0.4 is 0 Å². The van der Waals surface area contributed by atoms with Crippen LogP contribution in [0.5, 0.6) is 0 Å². The van der Waals surface area contributed by atoms with E-state index in [1.165, 1.54) is 0 Å². The monoisotopic (exact) mass is 283 g/mol. The molecule has 0 fully saturated rings. The lowest BCUT2D eigenvalue weighted by Crippen LogP contribution is -2.19. The highest BCUT2D eigenvalue weighted by atomic mass is 32.2. The molecule has 0 saturated heterocycles. The van der Waals surface area contributed by atoms with Crippen LogP contribution >= 0.6 is 11.8 Å². The van der Waals surface area contributed by atoms with E-state index in [4.69, 9.17) is 5.26 Å². The maximum atomic E-state index is 11.6. The van der Waals surface area contributed by atoms with Crippen molar-refractivity contribution in [3.05, 3.63) is 46.7 Å². The maximum absolute atomic E-state index is 11.6. The summed E-state index contributed by atoms with van der Waals surface area (Å²) in [6.07, 6.45) is 0.395. The molecule has 3 nitrogen and oxygen atoms in total. The number of carbonyl (C=O) groups is 1. The van der Waals surface area contributed by atoms with Crippen LogP contribution in [0, 0.1) is 23.2 Å². The van der Waals surface area contributed by atoms with Gasteiger partial charge < -0.3 is 5.11 Å². The van der Waals surface area contributed by atoms with Gasteiger partial charge in [0.25, 0.3) is 0 Å². The summed E-state index contributed by atoms with van der Waals surface area (Å²) in [5.41, 5.74) is 1.82. The van der Waals surface area contributed by atoms with E-state index in [1.807, 2.05) is 13.0 Å². The fourth-order valence-electron chi connectivity index (χ4n) is 1.89. The van der Waals surface area contributed by atoms with Gasteiger partial charge in [-0.05, 0) is 38.1 Å². The molecule has 0 bridgehead atoms. The molecule has 1 heterocycles. The Balaban J connectivity index is 2.12. The highest BCUT2D eigenvalue weighted by Gasteiger charge is 2.41. The third-order valence-electron chi connectivity index (χ3n) is 3.15. The van der Waals surface area contributed by atoms with E-state index in [0.717, 1.165) is 17.3 Å². The Morgan fingerprint density at radius 2 is 1.90 bits per heavy atom. The highest BCUT2D eigenvalue weighted by molar-refractivity contribution is 8.15. The van der Waals surface area contributed by atoms with Crippen molar-refractivity contribution in [2.24, 2.45) is 0 Å². The van der Waals surface area contributed by atoms with Crippen LogP contribution in [0.1, 0.15) is 31.4 Å². The van der Waals surface area contributed by atoms with E-state index >= 15 is 0 Å². The molecule has 0 radical (unpaired) electrons. The largest absolute Gasteiger partial charge is 0.510 e. The molecule has 1 unspecified atom stereocenters. The molecule has 0 aliphatic carbocycles. The van der Waals surface area contributed by atoms with Crippen molar-refractivity contribution in [2.45, 2.75) is 25.0 Å². The second kappa shape index (κ2) is 5.45. The molecule has 1 atom stereocenters. The Kier molecular flexibility index (Phi) is 3.88. The minimum Gasteiger partial charge on any atom is -0.510 e. The first-order valence-electron chi connectivity index (χ1n) is 6.09. The second-order valence-corrected chi connectivity index (χ2v) is 6.24. The van der Waals surface area contributed by atoms with Crippen molar-refractivity contribution in [1.29, 1.82) is 5.26 Å². The van der Waals surface area contributed by atoms with Crippen LogP contribution in [0.25, 0.3) is 0 Å². The number of aliphatic hydroxyl groups excluding tert-OH is 1. The van der Waals surface area contributed by atoms with Crippen molar-refractivity contribution in [1.82, 2.24) is 0 Å². The number of aliphatic hydroxyl groups is 1. The molecular weight excluding hydrogens is 270 g/mol. The van der Waals surface area contributed by atoms with Gasteiger partial charge in [0.2, 0.25) is 5.12 Å². The van der Waals surface area contributed by atoms with E-state index in [2.05, 4.69) is 11.8 Å². The summed E-state index contributed by atoms with van der Waals surface area (Å²) in [5.74, 6) is 6.10. The highest BCUT2D eigenvalue weighted by Crippen LogP contribution is 2.44. The van der Waals surface area contributed by atoms with Crippen LogP contribution in [-0.2, 0) is 4.79 Å². The van der Waals surface area contributed by atoms with Crippen molar-refractivity contribution in [2.75, 3.05) is 0 Å². The quantitative estimate of drug-likeness (QED) is 0.804. The Labute approximate surface area is 122 Å². The third-order valence-corrected chi connectivity index (χ3v) is 4.43. The van der Waals surface area contributed by atoms with Gasteiger partial charge in [-0.25, -0.2) is 0 Å². The third kappa shape index (κ3) is 2.71. The molecule has 0 spiro atoms. The van der Waals surface area contributed by atoms with Gasteiger partial charge in [-0.15, -0.1) is 0 Å². The Morgan fingerprint density at radius 3 is 2.40 bits per heavy atom. The summed E-state index contributed by atoms with van der Waals surface area (Å²) in [6, 6.07) is 9.03. The first kappa shape index (κ1) is 14.2. The zero-order valence-corrected chi connectivity index (χ0v) is 12.0. The first-order valence-corrected chi connectivity index (χ1v) is 6.90. The number of rotatable bonds is 1. The molecule has 2 rings (SSSR count). The number of benzene rings is 1. The van der Waals surface area contributed by atoms with Crippen LogP contribution in [0.4, 0.5) is 0 Å². The van der Waals surface area contributed by atoms with Gasteiger partial charge in [-0.2, -0.15) is 5.26 Å². The van der Waals surface area contributed by atoms with Crippen LogP contribution in [0.2, 0.25) is 0 Å². The van der Waals surface area contributed by atoms with Gasteiger partial charge in [0, 0.05) is 17.6 Å². The molecule has 20 heavy (non-hydrogen) atoms. The van der Waals surface area contributed by atoms with Gasteiger partial charge in [0.1, 0.15) is 5.76 Å². The van der Waals surface area contributed by atoms with E-state index in [-0.39, 0.29) is 10.9 Å². The molecule has 1 N–H and O–H groups in total. The molecule has 0 saturated carbocycles. The number of carbonyl (C=O) groups excluding carboxylic acids is 1. The van der Waals surface area contributed by atoms with Crippen LogP contribution in [0.15, 0.2) is 35.6 Å². The Hall–Kier alpha value is -2.17. The Morgan fingerprint density at radius 1 is 1.30 bits per heavy atom. The average molecular weight is 283 g/mol. The number of thioether (sulfide) groups is 1. The molecule has 0 aromatic heterocycles. The maximum Gasteiger partial charge on any atom is 0.219 e. The van der Waals surface area contributed by atoms with E-state index in [9.17, 15) is 9.90 Å². The Bertz CT molecular complexity index is 686. The predicted octanol–water partition coefficient (Wildman–Crippen LogP) is 3.16. The molecule has 4 heteroatoms. The van der Waals surface area contributed by atoms with Crippen molar-refractivity contribution in [3.63, 3.8) is 0 Å². The normalized spacial score (nSPS) is 21.4. The van der Waals surface area contributed by atoms with Gasteiger partial charge in [0.15, 0.2) is 0 Å². The summed E-state index contributed by atoms with van der Waals surface area (Å²) in [5, 5.41) is 18.6. The fourth-order valence-corrected chi connectivity index (χ4v) is 2.94. The van der Waals surface area contributed by atoms with Gasteiger partial charge in [0.05, 0.1) is 16.4 Å². The molecule has 1 aliphatic heterocycles. The van der Waals surface area contributed by atoms with Crippen molar-refractivity contribution < 1.29 is 9.90 Å². The summed E-state index contributed by atoms with van der Waals surface area (Å²) in [7, 11) is 0. The van der Waals surface area contributed by atoms with E-state index in [0.29, 0.717) is 17.6 Å². The minimum absolute atomic E-state index is 0.0924. The lowest BCUT2D eigenvalue weighted by molar-refractivity contribution is -0.107. The van der Waals surface area contributed by atoms with Gasteiger partial charge in [-0.1, -0.05) is 23.6 Å². The SMILES string of the molecule is CC1=C(O)C(C)(CC#Cc2ccc(C#N)cc2)SC1=O. The smallest absolute Gasteiger partial charge is 0.219 e. The number of hydrogen-bond donors (Lipinski definition) is 1. The molecule has 1 aromatic carbocycles. The van der Waals surface area contributed by atoms with Crippen LogP contribution in [-0.4, -0.2) is 15.0 Å². The van der Waals surface area contributed by atoms with Crippen LogP contribution in [0.3, 0.4) is 0 Å². The molecular formula is C16H13NO2S. The molecule has 0 amide bonds.